The van der Waals surface area contributed by atoms with Crippen LogP contribution in [-0.4, -0.2) is 44.6 Å². The number of allylic oxidation sites excluding steroid dienone is 3. The Morgan fingerprint density at radius 1 is 1.14 bits per heavy atom. The molecule has 0 spiro atoms. The summed E-state index contributed by atoms with van der Waals surface area (Å²) in [4.78, 5) is 11.0. The molecule has 0 aliphatic heterocycles. The van der Waals surface area contributed by atoms with Gasteiger partial charge in [0.25, 0.3) is 5.91 Å². The van der Waals surface area contributed by atoms with Crippen molar-refractivity contribution in [3.05, 3.63) is 53.1 Å². The molecule has 0 aliphatic rings. The molecule has 2 N–H and O–H groups in total. The Labute approximate surface area is 163 Å². The van der Waals surface area contributed by atoms with Crippen LogP contribution in [0.1, 0.15) is 31.1 Å². The van der Waals surface area contributed by atoms with E-state index in [1.165, 1.54) is 13.8 Å². The maximum Gasteiger partial charge on any atom is 0.254 e. The number of primary amides is 1. The number of alkyl halides is 1. The number of amides is 1. The van der Waals surface area contributed by atoms with Crippen molar-refractivity contribution in [2.45, 2.75) is 26.4 Å². The fraction of sp³-hybridized carbons (Fsp3) is 0.450. The normalized spacial score (nSPS) is 12.6. The molecule has 1 rings (SSSR count). The van der Waals surface area contributed by atoms with Gasteiger partial charge in [-0.25, -0.2) is 13.2 Å². The Balaban J connectivity index is 2.23. The first kappa shape index (κ1) is 23.7. The average Bonchev–Trinajstić information content (AvgIpc) is 2.60. The maximum absolute atomic E-state index is 13.9. The summed E-state index contributed by atoms with van der Waals surface area (Å²) in [6.45, 7) is 5.77. The molecule has 0 saturated carbocycles. The van der Waals surface area contributed by atoms with E-state index in [0.29, 0.717) is 18.8 Å². The third kappa shape index (κ3) is 7.74. The lowest BCUT2D eigenvalue weighted by Gasteiger charge is -2.15. The fourth-order valence-corrected chi connectivity index (χ4v) is 2.27. The van der Waals surface area contributed by atoms with Gasteiger partial charge in [-0.15, -0.1) is 0 Å². The van der Waals surface area contributed by atoms with E-state index in [2.05, 4.69) is 0 Å². The van der Waals surface area contributed by atoms with E-state index in [1.807, 2.05) is 0 Å². The molecule has 156 valence electrons. The first-order valence-electron chi connectivity index (χ1n) is 8.76. The highest BCUT2D eigenvalue weighted by Gasteiger charge is 2.19. The number of hydrogen-bond donors (Lipinski definition) is 1. The van der Waals surface area contributed by atoms with Crippen molar-refractivity contribution in [2.24, 2.45) is 5.73 Å². The predicted molar refractivity (Wildman–Crippen MR) is 100 cm³/mol. The van der Waals surface area contributed by atoms with Gasteiger partial charge >= 0.3 is 0 Å². The zero-order valence-corrected chi connectivity index (χ0v) is 16.3. The lowest BCUT2D eigenvalue weighted by molar-refractivity contribution is 0.0443. The first-order chi connectivity index (χ1) is 13.2. The number of carbonyl (C=O) groups is 1. The molecule has 0 fully saturated rings. The minimum absolute atomic E-state index is 0.00308. The predicted octanol–water partition coefficient (Wildman–Crippen LogP) is 3.73. The Bertz CT molecular complexity index is 712. The van der Waals surface area contributed by atoms with E-state index >= 15 is 0 Å². The second kappa shape index (κ2) is 11.5. The van der Waals surface area contributed by atoms with E-state index in [9.17, 15) is 18.0 Å². The van der Waals surface area contributed by atoms with E-state index < -0.39 is 28.8 Å². The molecular weight excluding hydrogens is 375 g/mol. The van der Waals surface area contributed by atoms with Crippen LogP contribution in [0.15, 0.2) is 35.9 Å². The summed E-state index contributed by atoms with van der Waals surface area (Å²) < 4.78 is 56.8. The third-order valence-electron chi connectivity index (χ3n) is 3.67. The van der Waals surface area contributed by atoms with Gasteiger partial charge in [-0.1, -0.05) is 18.2 Å². The molecule has 0 aliphatic carbocycles. The van der Waals surface area contributed by atoms with Crippen molar-refractivity contribution in [3.8, 4) is 5.75 Å². The smallest absolute Gasteiger partial charge is 0.254 e. The molecule has 0 unspecified atom stereocenters. The topological polar surface area (TPSA) is 70.8 Å². The third-order valence-corrected chi connectivity index (χ3v) is 3.67. The average molecular weight is 401 g/mol. The molecule has 0 aromatic heterocycles. The van der Waals surface area contributed by atoms with Crippen molar-refractivity contribution in [3.63, 3.8) is 0 Å². The highest BCUT2D eigenvalue weighted by atomic mass is 19.1. The minimum Gasteiger partial charge on any atom is -0.488 e. The molecule has 5 nitrogen and oxygen atoms in total. The van der Waals surface area contributed by atoms with Gasteiger partial charge < -0.3 is 19.9 Å². The van der Waals surface area contributed by atoms with Crippen LogP contribution in [0.4, 0.5) is 13.2 Å². The van der Waals surface area contributed by atoms with Crippen LogP contribution >= 0.6 is 0 Å². The maximum atomic E-state index is 13.9. The van der Waals surface area contributed by atoms with Crippen LogP contribution in [0.25, 0.3) is 0 Å². The Morgan fingerprint density at radius 3 is 2.39 bits per heavy atom. The minimum atomic E-state index is -1.41. The van der Waals surface area contributed by atoms with Crippen LogP contribution in [0.5, 0.6) is 5.75 Å². The van der Waals surface area contributed by atoms with Gasteiger partial charge in [0.2, 0.25) is 0 Å². The lowest BCUT2D eigenvalue weighted by atomic mass is 9.99. The number of halogens is 3. The number of carbonyl (C=O) groups excluding carboxylic acids is 1. The van der Waals surface area contributed by atoms with Crippen LogP contribution in [0.2, 0.25) is 0 Å². The molecule has 8 heteroatoms. The molecule has 1 aromatic carbocycles. The summed E-state index contributed by atoms with van der Waals surface area (Å²) in [5.41, 5.74) is 3.26. The van der Waals surface area contributed by atoms with Crippen molar-refractivity contribution in [1.82, 2.24) is 0 Å². The van der Waals surface area contributed by atoms with Gasteiger partial charge in [-0.3, -0.25) is 4.79 Å². The Morgan fingerprint density at radius 2 is 1.79 bits per heavy atom. The number of rotatable bonds is 12. The summed E-state index contributed by atoms with van der Waals surface area (Å²) in [5.74, 6) is -3.67. The molecule has 1 aromatic rings. The molecule has 0 heterocycles. The van der Waals surface area contributed by atoms with E-state index in [1.54, 1.807) is 25.2 Å². The molecule has 0 radical (unpaired) electrons. The molecule has 28 heavy (non-hydrogen) atoms. The van der Waals surface area contributed by atoms with Gasteiger partial charge in [-0.2, -0.15) is 0 Å². The zero-order valence-electron chi connectivity index (χ0n) is 16.3. The SMILES string of the molecule is CC=C(C=CCOCCOCCOc1ccc(F)c(C(N)=O)c1F)C(C)(C)F. The Hall–Kier alpha value is -2.32. The number of ether oxygens (including phenoxy) is 3. The quantitative estimate of drug-likeness (QED) is 0.428. The van der Waals surface area contributed by atoms with Crippen LogP contribution in [-0.2, 0) is 9.47 Å². The second-order valence-corrected chi connectivity index (χ2v) is 6.25. The highest BCUT2D eigenvalue weighted by Crippen LogP contribution is 2.23. The van der Waals surface area contributed by atoms with Crippen LogP contribution < -0.4 is 10.5 Å². The number of nitrogens with two attached hydrogens (primary N) is 1. The van der Waals surface area contributed by atoms with Gasteiger partial charge in [0.1, 0.15) is 23.7 Å². The standard InChI is InChI=1S/C20H26F3NO4/c1-4-14(20(2,3)23)6-5-9-26-10-11-27-12-13-28-16-8-7-15(21)17(18(16)22)19(24)25/h4-8H,9-13H2,1-3H3,(H2,24,25). The van der Waals surface area contributed by atoms with Crippen molar-refractivity contribution >= 4 is 5.91 Å². The summed E-state index contributed by atoms with van der Waals surface area (Å²) in [6.07, 6.45) is 5.09. The van der Waals surface area contributed by atoms with Crippen LogP contribution in [0.3, 0.4) is 0 Å². The molecule has 0 saturated heterocycles. The molecule has 0 atom stereocenters. The monoisotopic (exact) mass is 401 g/mol. The number of hydrogen-bond acceptors (Lipinski definition) is 4. The Kier molecular flexibility index (Phi) is 9.75. The molecular formula is C20H26F3NO4. The van der Waals surface area contributed by atoms with Gasteiger partial charge in [0, 0.05) is 0 Å². The summed E-state index contributed by atoms with van der Waals surface area (Å²) in [6, 6.07) is 1.98. The highest BCUT2D eigenvalue weighted by molar-refractivity contribution is 5.93. The van der Waals surface area contributed by atoms with E-state index in [0.717, 1.165) is 12.1 Å². The number of benzene rings is 1. The van der Waals surface area contributed by atoms with Crippen LogP contribution in [0, 0.1) is 11.6 Å². The van der Waals surface area contributed by atoms with E-state index in [4.69, 9.17) is 19.9 Å². The first-order valence-corrected chi connectivity index (χ1v) is 8.76. The zero-order chi connectivity index (χ0) is 21.2. The van der Waals surface area contributed by atoms with E-state index in [-0.39, 0.29) is 25.6 Å². The second-order valence-electron chi connectivity index (χ2n) is 6.25. The van der Waals surface area contributed by atoms with Gasteiger partial charge in [0.15, 0.2) is 11.6 Å². The van der Waals surface area contributed by atoms with Crippen molar-refractivity contribution in [1.29, 1.82) is 0 Å². The fourth-order valence-electron chi connectivity index (χ4n) is 2.27. The van der Waals surface area contributed by atoms with Crippen molar-refractivity contribution in [2.75, 3.05) is 33.0 Å². The molecule has 1 amide bonds. The van der Waals surface area contributed by atoms with Gasteiger partial charge in [0.05, 0.1) is 26.4 Å². The summed E-state index contributed by atoms with van der Waals surface area (Å²) in [7, 11) is 0. The summed E-state index contributed by atoms with van der Waals surface area (Å²) >= 11 is 0. The molecule has 0 bridgehead atoms. The largest absolute Gasteiger partial charge is 0.488 e. The van der Waals surface area contributed by atoms with Crippen molar-refractivity contribution < 1.29 is 32.2 Å². The lowest BCUT2D eigenvalue weighted by Crippen LogP contribution is -2.17. The van der Waals surface area contributed by atoms with Gasteiger partial charge in [-0.05, 0) is 38.5 Å². The summed E-state index contributed by atoms with van der Waals surface area (Å²) in [5, 5.41) is 0.